The van der Waals surface area contributed by atoms with Gasteiger partial charge in [-0.15, -0.1) is 0 Å². The molecule has 0 unspecified atom stereocenters. The van der Waals surface area contributed by atoms with Gasteiger partial charge in [-0.3, -0.25) is 9.59 Å². The van der Waals surface area contributed by atoms with E-state index in [9.17, 15) is 9.59 Å². The number of amides is 2. The van der Waals surface area contributed by atoms with Crippen LogP contribution in [0.25, 0.3) is 0 Å². The van der Waals surface area contributed by atoms with Crippen LogP contribution in [0.1, 0.15) is 63.1 Å². The van der Waals surface area contributed by atoms with Crippen LogP contribution in [-0.2, 0) is 4.74 Å². The lowest BCUT2D eigenvalue weighted by Gasteiger charge is -2.43. The summed E-state index contributed by atoms with van der Waals surface area (Å²) in [4.78, 5) is 26.1. The predicted octanol–water partition coefficient (Wildman–Crippen LogP) is 5.61. The van der Waals surface area contributed by atoms with Gasteiger partial charge in [0.15, 0.2) is 0 Å². The fourth-order valence-corrected chi connectivity index (χ4v) is 6.96. The number of methoxy groups -OCH3 is 1. The van der Waals surface area contributed by atoms with Gasteiger partial charge >= 0.3 is 0 Å². The Morgan fingerprint density at radius 2 is 1.73 bits per heavy atom. The molecule has 3 aliphatic rings. The van der Waals surface area contributed by atoms with Gasteiger partial charge < -0.3 is 20.7 Å². The van der Waals surface area contributed by atoms with Gasteiger partial charge in [-0.25, -0.2) is 0 Å². The van der Waals surface area contributed by atoms with Crippen molar-refractivity contribution in [3.63, 3.8) is 0 Å². The molecule has 1 aliphatic heterocycles. The molecule has 1 heterocycles. The minimum atomic E-state index is -0.237. The van der Waals surface area contributed by atoms with Crippen molar-refractivity contribution in [2.75, 3.05) is 30.9 Å². The van der Waals surface area contributed by atoms with Gasteiger partial charge in [-0.05, 0) is 84.4 Å². The lowest BCUT2D eigenvalue weighted by molar-refractivity contribution is 0.0938. The highest BCUT2D eigenvalue weighted by Gasteiger charge is 2.53. The second-order valence-corrected chi connectivity index (χ2v) is 10.5. The number of hydrogen-bond acceptors (Lipinski definition) is 4. The summed E-state index contributed by atoms with van der Waals surface area (Å²) in [5, 5.41) is 9.65. The first-order chi connectivity index (χ1) is 18.1. The number of hydrogen-bond donors (Lipinski definition) is 3. The second-order valence-electron chi connectivity index (χ2n) is 10.5. The second kappa shape index (κ2) is 10.0. The summed E-state index contributed by atoms with van der Waals surface area (Å²) in [5.74, 6) is 1.97. The third-order valence-corrected chi connectivity index (χ3v) is 8.52. The van der Waals surface area contributed by atoms with E-state index in [1.807, 2.05) is 12.1 Å². The zero-order valence-electron chi connectivity index (χ0n) is 21.1. The molecule has 3 aromatic rings. The summed E-state index contributed by atoms with van der Waals surface area (Å²) < 4.78 is 5.02. The van der Waals surface area contributed by atoms with Crippen molar-refractivity contribution in [1.29, 1.82) is 0 Å². The quantitative estimate of drug-likeness (QED) is 0.372. The maximum Gasteiger partial charge on any atom is 0.255 e. The molecule has 2 fully saturated rings. The average Bonchev–Trinajstić information content (AvgIpc) is 3.56. The Morgan fingerprint density at radius 3 is 2.57 bits per heavy atom. The van der Waals surface area contributed by atoms with E-state index in [-0.39, 0.29) is 11.8 Å². The first kappa shape index (κ1) is 23.7. The zero-order valence-corrected chi connectivity index (χ0v) is 21.1. The van der Waals surface area contributed by atoms with Crippen LogP contribution in [-0.4, -0.2) is 32.1 Å². The molecule has 2 amide bonds. The zero-order chi connectivity index (χ0) is 25.4. The number of rotatable bonds is 7. The van der Waals surface area contributed by atoms with Crippen LogP contribution in [0, 0.1) is 17.8 Å². The summed E-state index contributed by atoms with van der Waals surface area (Å²) in [6, 6.07) is 24.2. The van der Waals surface area contributed by atoms with Crippen LogP contribution in [0.3, 0.4) is 0 Å². The van der Waals surface area contributed by atoms with Crippen molar-refractivity contribution in [3.05, 3.63) is 95.1 Å². The SMILES string of the molecule is COCCNC(=O)c1ccccc1NC(=O)c1ccc2c(c1)[C@@H]1[C@@H]3CC[C@@H](C3)[C@@H]1[C@H](c1ccccc1)N2. The Morgan fingerprint density at radius 1 is 0.946 bits per heavy atom. The molecule has 5 atom stereocenters. The summed E-state index contributed by atoms with van der Waals surface area (Å²) in [6.45, 7) is 0.836. The average molecular weight is 496 g/mol. The Balaban J connectivity index is 1.27. The molecule has 3 N–H and O–H groups in total. The van der Waals surface area contributed by atoms with Gasteiger partial charge in [0.25, 0.3) is 11.8 Å². The highest BCUT2D eigenvalue weighted by Crippen LogP contribution is 2.63. The maximum absolute atomic E-state index is 13.4. The molecule has 0 aromatic heterocycles. The van der Waals surface area contributed by atoms with Gasteiger partial charge in [0.1, 0.15) is 0 Å². The summed E-state index contributed by atoms with van der Waals surface area (Å²) in [6.07, 6.45) is 3.85. The Hall–Kier alpha value is -3.64. The van der Waals surface area contributed by atoms with E-state index >= 15 is 0 Å². The third kappa shape index (κ3) is 4.40. The Labute approximate surface area is 217 Å². The van der Waals surface area contributed by atoms with Crippen LogP contribution >= 0.6 is 0 Å². The van der Waals surface area contributed by atoms with E-state index in [2.05, 4.69) is 58.4 Å². The van der Waals surface area contributed by atoms with Crippen molar-refractivity contribution in [2.24, 2.45) is 17.8 Å². The van der Waals surface area contributed by atoms with E-state index in [1.165, 1.54) is 30.4 Å². The molecular formula is C31H33N3O3. The van der Waals surface area contributed by atoms with Gasteiger partial charge in [0.2, 0.25) is 0 Å². The molecular weight excluding hydrogens is 462 g/mol. The Bertz CT molecular complexity index is 1310. The third-order valence-electron chi connectivity index (χ3n) is 8.52. The smallest absolute Gasteiger partial charge is 0.255 e. The van der Waals surface area contributed by atoms with E-state index in [0.717, 1.165) is 11.6 Å². The van der Waals surface area contributed by atoms with Crippen LogP contribution < -0.4 is 16.0 Å². The van der Waals surface area contributed by atoms with Crippen LogP contribution in [0.4, 0.5) is 11.4 Å². The molecule has 190 valence electrons. The number of carbonyl (C=O) groups excluding carboxylic acids is 2. The number of para-hydroxylation sites is 1. The maximum atomic E-state index is 13.4. The van der Waals surface area contributed by atoms with Crippen molar-refractivity contribution in [2.45, 2.75) is 31.2 Å². The van der Waals surface area contributed by atoms with Gasteiger partial charge in [0.05, 0.1) is 23.9 Å². The van der Waals surface area contributed by atoms with Crippen LogP contribution in [0.2, 0.25) is 0 Å². The lowest BCUT2D eigenvalue weighted by atomic mass is 9.68. The van der Waals surface area contributed by atoms with E-state index in [1.54, 1.807) is 25.3 Å². The minimum absolute atomic E-state index is 0.204. The molecule has 6 nitrogen and oxygen atoms in total. The number of nitrogens with one attached hydrogen (secondary N) is 3. The van der Waals surface area contributed by atoms with Gasteiger partial charge in [-0.1, -0.05) is 42.5 Å². The molecule has 2 saturated carbocycles. The molecule has 2 bridgehead atoms. The van der Waals surface area contributed by atoms with E-state index in [0.29, 0.717) is 53.8 Å². The van der Waals surface area contributed by atoms with Crippen molar-refractivity contribution < 1.29 is 14.3 Å². The minimum Gasteiger partial charge on any atom is -0.383 e. The molecule has 3 aromatic carbocycles. The number of anilines is 2. The normalized spacial score (nSPS) is 25.1. The molecule has 6 heteroatoms. The van der Waals surface area contributed by atoms with Crippen molar-refractivity contribution >= 4 is 23.2 Å². The van der Waals surface area contributed by atoms with E-state index in [4.69, 9.17) is 4.74 Å². The highest BCUT2D eigenvalue weighted by molar-refractivity contribution is 6.09. The molecule has 0 spiro atoms. The monoisotopic (exact) mass is 495 g/mol. The topological polar surface area (TPSA) is 79.5 Å². The first-order valence-corrected chi connectivity index (χ1v) is 13.3. The number of carbonyl (C=O) groups is 2. The summed E-state index contributed by atoms with van der Waals surface area (Å²) in [5.41, 5.74) is 5.30. The molecule has 0 radical (unpaired) electrons. The summed E-state index contributed by atoms with van der Waals surface area (Å²) in [7, 11) is 1.59. The fourth-order valence-electron chi connectivity index (χ4n) is 6.96. The predicted molar refractivity (Wildman–Crippen MR) is 145 cm³/mol. The number of fused-ring (bicyclic) bond motifs is 7. The van der Waals surface area contributed by atoms with Crippen molar-refractivity contribution in [1.82, 2.24) is 5.32 Å². The van der Waals surface area contributed by atoms with Gasteiger partial charge in [0, 0.05) is 24.9 Å². The fraction of sp³-hybridized carbons (Fsp3) is 0.355. The molecule has 6 rings (SSSR count). The molecule has 37 heavy (non-hydrogen) atoms. The van der Waals surface area contributed by atoms with E-state index < -0.39 is 0 Å². The summed E-state index contributed by atoms with van der Waals surface area (Å²) >= 11 is 0. The highest BCUT2D eigenvalue weighted by atomic mass is 16.5. The first-order valence-electron chi connectivity index (χ1n) is 13.3. The number of benzene rings is 3. The van der Waals surface area contributed by atoms with Crippen LogP contribution in [0.15, 0.2) is 72.8 Å². The largest absolute Gasteiger partial charge is 0.383 e. The standard InChI is InChI=1S/C31H33N3O3/c1-37-16-15-32-31(36)23-9-5-6-10-25(23)34-30(35)22-13-14-26-24(18-22)27-20-11-12-21(17-20)28(27)29(33-26)19-7-3-2-4-8-19/h2-10,13-14,18,20-21,27-29,33H,11-12,15-17H2,1H3,(H,32,36)(H,34,35)/t20-,21+,27+,28+,29+/m1/s1. The van der Waals surface area contributed by atoms with Gasteiger partial charge in [-0.2, -0.15) is 0 Å². The lowest BCUT2D eigenvalue weighted by Crippen LogP contribution is -2.35. The molecule has 2 aliphatic carbocycles. The van der Waals surface area contributed by atoms with Crippen molar-refractivity contribution in [3.8, 4) is 0 Å². The Kier molecular flexibility index (Phi) is 6.43. The molecule has 0 saturated heterocycles. The van der Waals surface area contributed by atoms with Crippen LogP contribution in [0.5, 0.6) is 0 Å². The number of ether oxygens (including phenoxy) is 1.